The standard InChI is InChI=1S/C24H25FN2O2/c1-2-3-17-29-19-12-10-18(11-13-19)24(28)27-16-15-26-14-6-9-22(26)23(27)20-7-4-5-8-21(20)25/h4-14,23H,2-3,15-17H2,1H3. The van der Waals surface area contributed by atoms with E-state index in [-0.39, 0.29) is 11.7 Å². The fourth-order valence-corrected chi connectivity index (χ4v) is 3.82. The van der Waals surface area contributed by atoms with Crippen LogP contribution in [0.1, 0.15) is 47.4 Å². The van der Waals surface area contributed by atoms with E-state index in [9.17, 15) is 9.18 Å². The summed E-state index contributed by atoms with van der Waals surface area (Å²) in [4.78, 5) is 15.1. The van der Waals surface area contributed by atoms with Crippen LogP contribution in [-0.4, -0.2) is 28.5 Å². The van der Waals surface area contributed by atoms with Crippen molar-refractivity contribution in [3.05, 3.63) is 89.5 Å². The Morgan fingerprint density at radius 1 is 1.07 bits per heavy atom. The molecule has 0 saturated heterocycles. The largest absolute Gasteiger partial charge is 0.494 e. The predicted octanol–water partition coefficient (Wildman–Crippen LogP) is 5.05. The third kappa shape index (κ3) is 3.90. The summed E-state index contributed by atoms with van der Waals surface area (Å²) in [6.45, 7) is 4.00. The molecule has 2 aromatic carbocycles. The van der Waals surface area contributed by atoms with Gasteiger partial charge in [0, 0.05) is 36.1 Å². The smallest absolute Gasteiger partial charge is 0.254 e. The average molecular weight is 392 g/mol. The molecule has 0 bridgehead atoms. The van der Waals surface area contributed by atoms with Gasteiger partial charge in [0.1, 0.15) is 17.6 Å². The lowest BCUT2D eigenvalue weighted by Crippen LogP contribution is -2.42. The molecule has 0 aliphatic carbocycles. The Morgan fingerprint density at radius 2 is 1.86 bits per heavy atom. The van der Waals surface area contributed by atoms with Crippen molar-refractivity contribution in [2.24, 2.45) is 0 Å². The Kier molecular flexibility index (Phi) is 5.65. The minimum absolute atomic E-state index is 0.106. The zero-order valence-electron chi connectivity index (χ0n) is 16.6. The molecule has 1 unspecified atom stereocenters. The highest BCUT2D eigenvalue weighted by atomic mass is 19.1. The summed E-state index contributed by atoms with van der Waals surface area (Å²) in [5.41, 5.74) is 2.02. The van der Waals surface area contributed by atoms with Crippen LogP contribution >= 0.6 is 0 Å². The Hall–Kier alpha value is -3.08. The van der Waals surface area contributed by atoms with Gasteiger partial charge in [0.2, 0.25) is 0 Å². The molecule has 4 nitrogen and oxygen atoms in total. The van der Waals surface area contributed by atoms with E-state index >= 15 is 0 Å². The van der Waals surface area contributed by atoms with Gasteiger partial charge in [-0.15, -0.1) is 0 Å². The van der Waals surface area contributed by atoms with Crippen molar-refractivity contribution in [1.82, 2.24) is 9.47 Å². The molecular weight excluding hydrogens is 367 g/mol. The SMILES string of the molecule is CCCCOc1ccc(C(=O)N2CCn3cccc3C2c2ccccc2F)cc1. The summed E-state index contributed by atoms with van der Waals surface area (Å²) in [7, 11) is 0. The van der Waals surface area contributed by atoms with E-state index in [1.54, 1.807) is 29.2 Å². The molecule has 0 radical (unpaired) electrons. The van der Waals surface area contributed by atoms with Crippen LogP contribution in [0.25, 0.3) is 0 Å². The first-order valence-electron chi connectivity index (χ1n) is 10.1. The van der Waals surface area contributed by atoms with Gasteiger partial charge in [-0.1, -0.05) is 31.5 Å². The molecule has 2 heterocycles. The van der Waals surface area contributed by atoms with E-state index < -0.39 is 6.04 Å². The van der Waals surface area contributed by atoms with E-state index in [1.807, 2.05) is 36.5 Å². The Balaban J connectivity index is 1.62. The molecular formula is C24H25FN2O2. The van der Waals surface area contributed by atoms with Gasteiger partial charge in [0.15, 0.2) is 0 Å². The number of aromatic nitrogens is 1. The molecule has 1 aliphatic heterocycles. The van der Waals surface area contributed by atoms with Gasteiger partial charge in [-0.05, 0) is 48.9 Å². The minimum atomic E-state index is -0.451. The van der Waals surface area contributed by atoms with Crippen LogP contribution in [0.4, 0.5) is 4.39 Å². The van der Waals surface area contributed by atoms with Crippen molar-refractivity contribution in [2.75, 3.05) is 13.2 Å². The van der Waals surface area contributed by atoms with Crippen molar-refractivity contribution >= 4 is 5.91 Å². The molecule has 1 aliphatic rings. The Labute approximate surface area is 170 Å². The maximum absolute atomic E-state index is 14.7. The number of rotatable bonds is 6. The first-order chi connectivity index (χ1) is 14.2. The second-order valence-electron chi connectivity index (χ2n) is 7.28. The van der Waals surface area contributed by atoms with E-state index in [2.05, 4.69) is 11.5 Å². The van der Waals surface area contributed by atoms with Gasteiger partial charge in [0.25, 0.3) is 5.91 Å². The number of nitrogens with zero attached hydrogens (tertiary/aromatic N) is 2. The number of hydrogen-bond donors (Lipinski definition) is 0. The minimum Gasteiger partial charge on any atom is -0.494 e. The van der Waals surface area contributed by atoms with Crippen LogP contribution in [0.5, 0.6) is 5.75 Å². The lowest BCUT2D eigenvalue weighted by molar-refractivity contribution is 0.0661. The third-order valence-corrected chi connectivity index (χ3v) is 5.37. The number of unbranched alkanes of at least 4 members (excludes halogenated alkanes) is 1. The zero-order chi connectivity index (χ0) is 20.2. The summed E-state index contributed by atoms with van der Waals surface area (Å²) in [6.07, 6.45) is 4.05. The monoisotopic (exact) mass is 392 g/mol. The second-order valence-corrected chi connectivity index (χ2v) is 7.28. The zero-order valence-corrected chi connectivity index (χ0v) is 16.6. The predicted molar refractivity (Wildman–Crippen MR) is 111 cm³/mol. The number of amides is 1. The summed E-state index contributed by atoms with van der Waals surface area (Å²) in [5.74, 6) is 0.351. The van der Waals surface area contributed by atoms with Gasteiger partial charge in [0.05, 0.1) is 6.61 Å². The topological polar surface area (TPSA) is 34.5 Å². The average Bonchev–Trinajstić information content (AvgIpc) is 3.23. The lowest BCUT2D eigenvalue weighted by Gasteiger charge is -2.37. The molecule has 0 fully saturated rings. The van der Waals surface area contributed by atoms with Crippen LogP contribution in [0.15, 0.2) is 66.9 Å². The molecule has 150 valence electrons. The molecule has 1 atom stereocenters. The number of carbonyl (C=O) groups is 1. The molecule has 1 amide bonds. The summed E-state index contributed by atoms with van der Waals surface area (Å²) >= 11 is 0. The molecule has 3 aromatic rings. The fraction of sp³-hybridized carbons (Fsp3) is 0.292. The third-order valence-electron chi connectivity index (χ3n) is 5.37. The maximum atomic E-state index is 14.7. The van der Waals surface area contributed by atoms with Crippen molar-refractivity contribution in [1.29, 1.82) is 0 Å². The number of benzene rings is 2. The summed E-state index contributed by atoms with van der Waals surface area (Å²) < 4.78 is 22.4. The molecule has 4 rings (SSSR count). The number of fused-ring (bicyclic) bond motifs is 1. The highest BCUT2D eigenvalue weighted by molar-refractivity contribution is 5.95. The number of halogens is 1. The van der Waals surface area contributed by atoms with Crippen LogP contribution < -0.4 is 4.74 Å². The molecule has 0 spiro atoms. The number of carbonyl (C=O) groups excluding carboxylic acids is 1. The van der Waals surface area contributed by atoms with Gasteiger partial charge >= 0.3 is 0 Å². The van der Waals surface area contributed by atoms with E-state index in [1.165, 1.54) is 6.07 Å². The first-order valence-corrected chi connectivity index (χ1v) is 10.1. The van der Waals surface area contributed by atoms with Crippen LogP contribution in [0.2, 0.25) is 0 Å². The quantitative estimate of drug-likeness (QED) is 0.550. The van der Waals surface area contributed by atoms with Crippen LogP contribution in [-0.2, 0) is 6.54 Å². The van der Waals surface area contributed by atoms with Crippen LogP contribution in [0, 0.1) is 5.82 Å². The summed E-state index contributed by atoms with van der Waals surface area (Å²) in [6, 6.07) is 17.4. The van der Waals surface area contributed by atoms with Gasteiger partial charge in [-0.3, -0.25) is 4.79 Å². The molecule has 5 heteroatoms. The van der Waals surface area contributed by atoms with Gasteiger partial charge in [-0.25, -0.2) is 4.39 Å². The normalized spacial score (nSPS) is 15.8. The summed E-state index contributed by atoms with van der Waals surface area (Å²) in [5, 5.41) is 0. The fourth-order valence-electron chi connectivity index (χ4n) is 3.82. The van der Waals surface area contributed by atoms with Crippen molar-refractivity contribution < 1.29 is 13.9 Å². The van der Waals surface area contributed by atoms with E-state index in [0.717, 1.165) is 24.3 Å². The first kappa shape index (κ1) is 19.2. The molecule has 0 N–H and O–H groups in total. The second kappa shape index (κ2) is 8.52. The number of hydrogen-bond acceptors (Lipinski definition) is 2. The van der Waals surface area contributed by atoms with Gasteiger partial charge in [-0.2, -0.15) is 0 Å². The molecule has 0 saturated carbocycles. The molecule has 29 heavy (non-hydrogen) atoms. The van der Waals surface area contributed by atoms with Crippen molar-refractivity contribution in [3.63, 3.8) is 0 Å². The van der Waals surface area contributed by atoms with Gasteiger partial charge < -0.3 is 14.2 Å². The highest BCUT2D eigenvalue weighted by Gasteiger charge is 2.34. The van der Waals surface area contributed by atoms with E-state index in [0.29, 0.717) is 30.8 Å². The Morgan fingerprint density at radius 3 is 2.62 bits per heavy atom. The van der Waals surface area contributed by atoms with Crippen molar-refractivity contribution in [2.45, 2.75) is 32.4 Å². The lowest BCUT2D eigenvalue weighted by atomic mass is 9.98. The number of ether oxygens (including phenoxy) is 1. The molecule has 1 aromatic heterocycles. The van der Waals surface area contributed by atoms with Crippen LogP contribution in [0.3, 0.4) is 0 Å². The maximum Gasteiger partial charge on any atom is 0.254 e. The Bertz CT molecular complexity index is 981. The highest BCUT2D eigenvalue weighted by Crippen LogP contribution is 2.34. The van der Waals surface area contributed by atoms with Crippen molar-refractivity contribution in [3.8, 4) is 5.75 Å². The van der Waals surface area contributed by atoms with E-state index in [4.69, 9.17) is 4.74 Å².